The van der Waals surface area contributed by atoms with Crippen molar-refractivity contribution in [2.45, 2.75) is 23.2 Å². The summed E-state index contributed by atoms with van der Waals surface area (Å²) in [5.41, 5.74) is 8.09. The highest BCUT2D eigenvalue weighted by Crippen LogP contribution is 2.30. The van der Waals surface area contributed by atoms with Crippen LogP contribution >= 0.6 is 22.7 Å². The Morgan fingerprint density at radius 2 is 2.17 bits per heavy atom. The maximum absolute atomic E-state index is 12.9. The summed E-state index contributed by atoms with van der Waals surface area (Å²) in [6, 6.07) is 4.31. The number of sulfonamides is 1. The number of hydrogen-bond donors (Lipinski definition) is 2. The molecular formula is C18H16N6O3S3. The molecule has 0 bridgehead atoms. The molecule has 12 heteroatoms. The number of fused-ring (bicyclic) bond motifs is 2. The summed E-state index contributed by atoms with van der Waals surface area (Å²) in [7, 11) is -3.82. The van der Waals surface area contributed by atoms with Crippen LogP contribution in [0.25, 0.3) is 20.4 Å². The Balaban J connectivity index is 1.33. The highest BCUT2D eigenvalue weighted by atomic mass is 32.2. The zero-order valence-corrected chi connectivity index (χ0v) is 17.9. The van der Waals surface area contributed by atoms with Crippen LogP contribution in [0, 0.1) is 0 Å². The van der Waals surface area contributed by atoms with Crippen molar-refractivity contribution in [2.24, 2.45) is 0 Å². The van der Waals surface area contributed by atoms with E-state index in [-0.39, 0.29) is 10.1 Å². The Bertz CT molecular complexity index is 1350. The first-order valence-electron chi connectivity index (χ1n) is 9.04. The number of hydrogen-bond acceptors (Lipinski definition) is 9. The van der Waals surface area contributed by atoms with E-state index in [2.05, 4.69) is 19.7 Å². The number of rotatable bonds is 5. The zero-order valence-electron chi connectivity index (χ0n) is 15.5. The average Bonchev–Trinajstić information content (AvgIpc) is 3.42. The molecule has 4 aromatic rings. The summed E-state index contributed by atoms with van der Waals surface area (Å²) in [6.45, 7) is 0.804. The van der Waals surface area contributed by atoms with Gasteiger partial charge in [-0.15, -0.1) is 22.7 Å². The molecule has 0 unspecified atom stereocenters. The molecule has 0 aliphatic carbocycles. The predicted molar refractivity (Wildman–Crippen MR) is 116 cm³/mol. The van der Waals surface area contributed by atoms with E-state index < -0.39 is 16.1 Å². The normalized spacial score (nSPS) is 17.4. The van der Waals surface area contributed by atoms with Crippen molar-refractivity contribution < 1.29 is 13.2 Å². The molecule has 1 aliphatic heterocycles. The molecule has 1 aliphatic rings. The number of nitrogens with zero attached hydrogens (tertiary/aromatic N) is 4. The fourth-order valence-electron chi connectivity index (χ4n) is 3.47. The molecule has 154 valence electrons. The van der Waals surface area contributed by atoms with Crippen molar-refractivity contribution in [3.8, 4) is 0 Å². The monoisotopic (exact) mass is 460 g/mol. The van der Waals surface area contributed by atoms with Crippen LogP contribution in [0.1, 0.15) is 12.0 Å². The lowest BCUT2D eigenvalue weighted by atomic mass is 10.2. The molecule has 0 aromatic carbocycles. The third-order valence-corrected chi connectivity index (χ3v) is 9.02. The van der Waals surface area contributed by atoms with Gasteiger partial charge >= 0.3 is 0 Å². The van der Waals surface area contributed by atoms with E-state index in [0.29, 0.717) is 30.8 Å². The molecule has 5 heterocycles. The zero-order chi connectivity index (χ0) is 20.9. The number of carbonyl (C=O) groups is 1. The van der Waals surface area contributed by atoms with Crippen molar-refractivity contribution >= 4 is 64.9 Å². The second kappa shape index (κ2) is 7.23. The molecule has 1 amide bonds. The first-order valence-corrected chi connectivity index (χ1v) is 12.2. The lowest BCUT2D eigenvalue weighted by Crippen LogP contribution is -2.41. The van der Waals surface area contributed by atoms with Crippen LogP contribution in [0.3, 0.4) is 0 Å². The molecule has 0 saturated carbocycles. The maximum atomic E-state index is 12.9. The number of nitrogens with two attached hydrogens (primary N) is 1. The smallest absolute Gasteiger partial charge is 0.250 e. The molecule has 1 atom stereocenters. The summed E-state index contributed by atoms with van der Waals surface area (Å²) < 4.78 is 29.9. The van der Waals surface area contributed by atoms with Crippen molar-refractivity contribution in [1.29, 1.82) is 0 Å². The van der Waals surface area contributed by atoms with E-state index in [1.54, 1.807) is 17.2 Å². The van der Waals surface area contributed by atoms with Crippen molar-refractivity contribution in [2.75, 3.05) is 12.3 Å². The van der Waals surface area contributed by atoms with Gasteiger partial charge in [-0.1, -0.05) is 0 Å². The number of anilines is 1. The Labute approximate surface area is 179 Å². The van der Waals surface area contributed by atoms with Gasteiger partial charge in [-0.25, -0.2) is 18.4 Å². The van der Waals surface area contributed by atoms with Gasteiger partial charge in [-0.3, -0.25) is 9.78 Å². The third-order valence-electron chi connectivity index (χ3n) is 4.94. The Morgan fingerprint density at radius 3 is 3.00 bits per heavy atom. The van der Waals surface area contributed by atoms with Crippen LogP contribution in [0.5, 0.6) is 0 Å². The maximum Gasteiger partial charge on any atom is 0.250 e. The highest BCUT2D eigenvalue weighted by molar-refractivity contribution is 7.91. The Hall–Kier alpha value is -2.67. The number of nitrogens with one attached hydrogen (secondary N) is 1. The quantitative estimate of drug-likeness (QED) is 0.465. The molecule has 9 nitrogen and oxygen atoms in total. The molecule has 0 radical (unpaired) electrons. The van der Waals surface area contributed by atoms with Crippen molar-refractivity contribution in [1.82, 2.24) is 24.6 Å². The SMILES string of the molecule is Nc1ncnc2c(CN3CC[C@H](NS(=O)(=O)c4cc5ncccc5s4)C3=O)csc12. The largest absolute Gasteiger partial charge is 0.382 e. The number of pyridine rings is 1. The average molecular weight is 461 g/mol. The summed E-state index contributed by atoms with van der Waals surface area (Å²) in [4.78, 5) is 26.9. The highest BCUT2D eigenvalue weighted by Gasteiger charge is 2.35. The number of carbonyl (C=O) groups excluding carboxylic acids is 1. The number of amides is 1. The van der Waals surface area contributed by atoms with E-state index in [9.17, 15) is 13.2 Å². The number of nitrogen functional groups attached to an aromatic ring is 1. The van der Waals surface area contributed by atoms with E-state index in [0.717, 1.165) is 31.8 Å². The minimum absolute atomic E-state index is 0.151. The van der Waals surface area contributed by atoms with Crippen molar-refractivity contribution in [3.63, 3.8) is 0 Å². The minimum Gasteiger partial charge on any atom is -0.382 e. The van der Waals surface area contributed by atoms with Gasteiger partial charge in [-0.2, -0.15) is 4.72 Å². The van der Waals surface area contributed by atoms with Gasteiger partial charge in [0, 0.05) is 24.8 Å². The molecule has 4 aromatic heterocycles. The Morgan fingerprint density at radius 1 is 1.30 bits per heavy atom. The predicted octanol–water partition coefficient (Wildman–Crippen LogP) is 1.96. The molecule has 30 heavy (non-hydrogen) atoms. The van der Waals surface area contributed by atoms with Crippen LogP contribution in [0.15, 0.2) is 40.3 Å². The van der Waals surface area contributed by atoms with Crippen molar-refractivity contribution in [3.05, 3.63) is 41.7 Å². The first-order chi connectivity index (χ1) is 14.4. The van der Waals surface area contributed by atoms with Gasteiger partial charge in [0.25, 0.3) is 10.0 Å². The van der Waals surface area contributed by atoms with Gasteiger partial charge in [-0.05, 0) is 30.0 Å². The second-order valence-electron chi connectivity index (χ2n) is 6.87. The molecular weight excluding hydrogens is 444 g/mol. The first kappa shape index (κ1) is 19.3. The lowest BCUT2D eigenvalue weighted by molar-refractivity contribution is -0.129. The van der Waals surface area contributed by atoms with Gasteiger partial charge in [0.05, 0.1) is 20.4 Å². The fourth-order valence-corrected chi connectivity index (χ4v) is 6.96. The van der Waals surface area contributed by atoms with Crippen LogP contribution in [0.4, 0.5) is 5.82 Å². The number of thiophene rings is 2. The van der Waals surface area contributed by atoms with Crippen LogP contribution < -0.4 is 10.5 Å². The van der Waals surface area contributed by atoms with E-state index in [4.69, 9.17) is 5.73 Å². The summed E-state index contributed by atoms with van der Waals surface area (Å²) in [5.74, 6) is 0.159. The summed E-state index contributed by atoms with van der Waals surface area (Å²) in [5, 5.41) is 1.91. The van der Waals surface area contributed by atoms with Gasteiger partial charge < -0.3 is 10.6 Å². The van der Waals surface area contributed by atoms with Crippen LogP contribution in [-0.2, 0) is 21.4 Å². The third kappa shape index (κ3) is 3.31. The lowest BCUT2D eigenvalue weighted by Gasteiger charge is -2.16. The molecule has 3 N–H and O–H groups in total. The molecule has 1 saturated heterocycles. The fraction of sp³-hybridized carbons (Fsp3) is 0.222. The standard InChI is InChI=1S/C18H16N6O3S3/c19-17-16-15(21-9-22-17)10(8-28-16)7-24-5-3-11(18(24)25)23-30(26,27)14-6-12-13(29-14)2-1-4-20-12/h1-2,4,6,8-9,11,23H,3,5,7H2,(H2,19,21,22)/t11-/m0/s1. The molecule has 5 rings (SSSR count). The van der Waals surface area contributed by atoms with E-state index in [1.165, 1.54) is 23.7 Å². The van der Waals surface area contributed by atoms with E-state index >= 15 is 0 Å². The topological polar surface area (TPSA) is 131 Å². The van der Waals surface area contributed by atoms with Gasteiger partial charge in [0.15, 0.2) is 0 Å². The van der Waals surface area contributed by atoms with Crippen LogP contribution in [0.2, 0.25) is 0 Å². The molecule has 1 fully saturated rings. The second-order valence-corrected chi connectivity index (χ2v) is 10.8. The van der Waals surface area contributed by atoms with Gasteiger partial charge in [0.2, 0.25) is 5.91 Å². The number of aromatic nitrogens is 3. The van der Waals surface area contributed by atoms with Gasteiger partial charge in [0.1, 0.15) is 22.4 Å². The molecule has 0 spiro atoms. The van der Waals surface area contributed by atoms with E-state index in [1.807, 2.05) is 11.4 Å². The summed E-state index contributed by atoms with van der Waals surface area (Å²) in [6.07, 6.45) is 3.42. The van der Waals surface area contributed by atoms with Crippen LogP contribution in [-0.4, -0.2) is 46.8 Å². The summed E-state index contributed by atoms with van der Waals surface area (Å²) >= 11 is 2.56. The number of likely N-dealkylation sites (tertiary alicyclic amines) is 1. The minimum atomic E-state index is -3.82. The Kier molecular flexibility index (Phi) is 4.65.